The smallest absolute Gasteiger partial charge is 0.227 e. The zero-order valence-electron chi connectivity index (χ0n) is 16.4. The molecule has 3 aromatic heterocycles. The molecular weight excluding hydrogens is 390 g/mol. The van der Waals surface area contributed by atoms with Crippen LogP contribution in [0.15, 0.2) is 40.9 Å². The third-order valence-electron chi connectivity index (χ3n) is 4.68. The summed E-state index contributed by atoms with van der Waals surface area (Å²) >= 11 is 5.93. The van der Waals surface area contributed by atoms with Crippen molar-refractivity contribution < 1.29 is 4.52 Å². The highest BCUT2D eigenvalue weighted by Crippen LogP contribution is 2.19. The van der Waals surface area contributed by atoms with Gasteiger partial charge in [0.15, 0.2) is 11.5 Å². The zero-order valence-corrected chi connectivity index (χ0v) is 17.2. The van der Waals surface area contributed by atoms with Gasteiger partial charge in [0.05, 0.1) is 0 Å². The third kappa shape index (κ3) is 4.37. The second kappa shape index (κ2) is 8.57. The van der Waals surface area contributed by atoms with Gasteiger partial charge in [-0.2, -0.15) is 9.50 Å². The van der Waals surface area contributed by atoms with Crippen LogP contribution in [-0.2, 0) is 12.8 Å². The predicted molar refractivity (Wildman–Crippen MR) is 111 cm³/mol. The van der Waals surface area contributed by atoms with E-state index in [9.17, 15) is 0 Å². The van der Waals surface area contributed by atoms with Crippen molar-refractivity contribution in [3.05, 3.63) is 53.1 Å². The van der Waals surface area contributed by atoms with Gasteiger partial charge >= 0.3 is 0 Å². The van der Waals surface area contributed by atoms with E-state index in [-0.39, 0.29) is 0 Å². The van der Waals surface area contributed by atoms with E-state index in [1.54, 1.807) is 16.6 Å². The van der Waals surface area contributed by atoms with Crippen LogP contribution < -0.4 is 4.90 Å². The van der Waals surface area contributed by atoms with E-state index in [4.69, 9.17) is 21.2 Å². The molecule has 0 saturated heterocycles. The normalized spacial score (nSPS) is 11.3. The molecule has 0 aliphatic heterocycles. The SMILES string of the molecule is CCCCN(C)c1ccc2nnc(CCc3nc(-c4ccc(Cl)cc4)no3)n2n1. The number of aryl methyl sites for hydroxylation is 2. The average molecular weight is 412 g/mol. The number of hydrogen-bond donors (Lipinski definition) is 0. The van der Waals surface area contributed by atoms with Gasteiger partial charge in [0.1, 0.15) is 5.82 Å². The van der Waals surface area contributed by atoms with Gasteiger partial charge in [-0.1, -0.05) is 30.1 Å². The van der Waals surface area contributed by atoms with Gasteiger partial charge in [0, 0.05) is 37.0 Å². The van der Waals surface area contributed by atoms with Crippen LogP contribution in [0.1, 0.15) is 31.5 Å². The summed E-state index contributed by atoms with van der Waals surface area (Å²) in [5.74, 6) is 2.75. The summed E-state index contributed by atoms with van der Waals surface area (Å²) in [4.78, 5) is 6.60. The van der Waals surface area contributed by atoms with Gasteiger partial charge < -0.3 is 9.42 Å². The Morgan fingerprint density at radius 1 is 1.07 bits per heavy atom. The molecule has 0 unspecified atom stereocenters. The summed E-state index contributed by atoms with van der Waals surface area (Å²) < 4.78 is 7.17. The van der Waals surface area contributed by atoms with Crippen molar-refractivity contribution in [1.82, 2.24) is 30.0 Å². The lowest BCUT2D eigenvalue weighted by Crippen LogP contribution is -2.20. The van der Waals surface area contributed by atoms with Gasteiger partial charge in [-0.3, -0.25) is 0 Å². The molecule has 0 aliphatic rings. The van der Waals surface area contributed by atoms with Gasteiger partial charge in [-0.25, -0.2) is 0 Å². The molecule has 0 saturated carbocycles. The van der Waals surface area contributed by atoms with Crippen LogP contribution in [0.25, 0.3) is 17.0 Å². The number of hydrogen-bond acceptors (Lipinski definition) is 7. The molecule has 0 bridgehead atoms. The molecule has 29 heavy (non-hydrogen) atoms. The van der Waals surface area contributed by atoms with Crippen molar-refractivity contribution in [3.63, 3.8) is 0 Å². The lowest BCUT2D eigenvalue weighted by atomic mass is 10.2. The molecule has 1 aromatic carbocycles. The summed E-state index contributed by atoms with van der Waals surface area (Å²) in [6.45, 7) is 3.14. The quantitative estimate of drug-likeness (QED) is 0.435. The number of halogens is 1. The second-order valence-electron chi connectivity index (χ2n) is 6.87. The number of unbranched alkanes of at least 4 members (excludes halogenated alkanes) is 1. The topological polar surface area (TPSA) is 85.2 Å². The Hall–Kier alpha value is -3.00. The Bertz CT molecular complexity index is 1090. The summed E-state index contributed by atoms with van der Waals surface area (Å²) in [7, 11) is 2.05. The lowest BCUT2D eigenvalue weighted by Gasteiger charge is -2.17. The maximum absolute atomic E-state index is 5.93. The van der Waals surface area contributed by atoms with Crippen molar-refractivity contribution in [2.24, 2.45) is 0 Å². The predicted octanol–water partition coefficient (Wildman–Crippen LogP) is 3.85. The van der Waals surface area contributed by atoms with E-state index >= 15 is 0 Å². The van der Waals surface area contributed by atoms with Crippen LogP contribution >= 0.6 is 11.6 Å². The Kier molecular flexibility index (Phi) is 5.71. The Morgan fingerprint density at radius 3 is 2.69 bits per heavy atom. The molecule has 4 rings (SSSR count). The van der Waals surface area contributed by atoms with Gasteiger partial charge in [-0.15, -0.1) is 15.3 Å². The van der Waals surface area contributed by atoms with Gasteiger partial charge in [0.2, 0.25) is 11.7 Å². The van der Waals surface area contributed by atoms with Crippen molar-refractivity contribution in [3.8, 4) is 11.4 Å². The molecule has 0 spiro atoms. The first kappa shape index (κ1) is 19.3. The molecule has 9 heteroatoms. The molecule has 8 nitrogen and oxygen atoms in total. The molecular formula is C20H22ClN7O. The molecule has 3 heterocycles. The highest BCUT2D eigenvalue weighted by Gasteiger charge is 2.13. The number of benzene rings is 1. The molecule has 4 aromatic rings. The lowest BCUT2D eigenvalue weighted by molar-refractivity contribution is 0.377. The second-order valence-corrected chi connectivity index (χ2v) is 7.31. The molecule has 0 N–H and O–H groups in total. The van der Waals surface area contributed by atoms with E-state index in [2.05, 4.69) is 32.2 Å². The van der Waals surface area contributed by atoms with E-state index in [1.165, 1.54) is 0 Å². The Balaban J connectivity index is 1.47. The van der Waals surface area contributed by atoms with Crippen LogP contribution in [0.4, 0.5) is 5.82 Å². The van der Waals surface area contributed by atoms with Crippen LogP contribution in [0.5, 0.6) is 0 Å². The van der Waals surface area contributed by atoms with Crippen LogP contribution in [0.3, 0.4) is 0 Å². The Labute approximate surface area is 173 Å². The number of anilines is 1. The summed E-state index contributed by atoms with van der Waals surface area (Å²) in [6.07, 6.45) is 3.42. The standard InChI is InChI=1S/C20H22ClN7O/c1-3-4-13-27(2)18-10-9-16-23-24-17(28(16)25-18)11-12-19-22-20(26-29-19)14-5-7-15(21)8-6-14/h5-10H,3-4,11-13H2,1-2H3. The fraction of sp³-hybridized carbons (Fsp3) is 0.350. The number of aromatic nitrogens is 6. The van der Waals surface area contributed by atoms with E-state index in [0.717, 1.165) is 42.2 Å². The minimum absolute atomic E-state index is 0.542. The summed E-state index contributed by atoms with van der Waals surface area (Å²) in [5, 5.41) is 17.9. The molecule has 0 atom stereocenters. The fourth-order valence-electron chi connectivity index (χ4n) is 2.98. The van der Waals surface area contributed by atoms with Crippen molar-refractivity contribution in [1.29, 1.82) is 0 Å². The summed E-state index contributed by atoms with van der Waals surface area (Å²) in [5.41, 5.74) is 1.58. The van der Waals surface area contributed by atoms with Crippen molar-refractivity contribution >= 4 is 23.1 Å². The van der Waals surface area contributed by atoms with Crippen molar-refractivity contribution in [2.45, 2.75) is 32.6 Å². The van der Waals surface area contributed by atoms with Crippen LogP contribution in [0, 0.1) is 0 Å². The number of rotatable bonds is 8. The maximum atomic E-state index is 5.93. The minimum Gasteiger partial charge on any atom is -0.358 e. The fourth-order valence-corrected chi connectivity index (χ4v) is 3.11. The summed E-state index contributed by atoms with van der Waals surface area (Å²) in [6, 6.07) is 11.2. The highest BCUT2D eigenvalue weighted by atomic mass is 35.5. The van der Waals surface area contributed by atoms with E-state index in [0.29, 0.717) is 29.6 Å². The highest BCUT2D eigenvalue weighted by molar-refractivity contribution is 6.30. The zero-order chi connectivity index (χ0) is 20.2. The van der Waals surface area contributed by atoms with E-state index < -0.39 is 0 Å². The molecule has 0 radical (unpaired) electrons. The number of fused-ring (bicyclic) bond motifs is 1. The molecule has 0 amide bonds. The Morgan fingerprint density at radius 2 is 1.90 bits per heavy atom. The molecule has 150 valence electrons. The van der Waals surface area contributed by atoms with Gasteiger partial charge in [0.25, 0.3) is 0 Å². The minimum atomic E-state index is 0.542. The van der Waals surface area contributed by atoms with Crippen molar-refractivity contribution in [2.75, 3.05) is 18.5 Å². The average Bonchev–Trinajstić information content (AvgIpc) is 3.37. The number of nitrogens with zero attached hydrogens (tertiary/aromatic N) is 7. The first-order valence-corrected chi connectivity index (χ1v) is 10.0. The monoisotopic (exact) mass is 411 g/mol. The first-order chi connectivity index (χ1) is 14.1. The first-order valence-electron chi connectivity index (χ1n) is 9.65. The third-order valence-corrected chi connectivity index (χ3v) is 4.94. The van der Waals surface area contributed by atoms with Crippen LogP contribution in [-0.4, -0.2) is 43.5 Å². The molecule has 0 aliphatic carbocycles. The maximum Gasteiger partial charge on any atom is 0.227 e. The van der Waals surface area contributed by atoms with Crippen LogP contribution in [0.2, 0.25) is 5.02 Å². The molecule has 0 fully saturated rings. The van der Waals surface area contributed by atoms with E-state index in [1.807, 2.05) is 31.3 Å². The van der Waals surface area contributed by atoms with Gasteiger partial charge in [-0.05, 0) is 42.8 Å². The largest absolute Gasteiger partial charge is 0.358 e.